The molecule has 0 fully saturated rings. The van der Waals surface area contributed by atoms with Crippen molar-refractivity contribution < 1.29 is 9.90 Å². The molecule has 1 aromatic carbocycles. The summed E-state index contributed by atoms with van der Waals surface area (Å²) in [4.78, 5) is 11.5. The minimum Gasteiger partial charge on any atom is -0.478 e. The van der Waals surface area contributed by atoms with Gasteiger partial charge in [0.1, 0.15) is 0 Å². The number of rotatable bonds is 3. The first-order chi connectivity index (χ1) is 10.0. The molecule has 1 N–H and O–H groups in total. The molecule has 0 aliphatic rings. The normalized spacial score (nSPS) is 11.2. The van der Waals surface area contributed by atoms with Crippen LogP contribution in [-0.4, -0.2) is 25.4 Å². The molecule has 3 aromatic rings. The number of aromatic carboxylic acids is 1. The van der Waals surface area contributed by atoms with Crippen LogP contribution < -0.4 is 0 Å². The van der Waals surface area contributed by atoms with E-state index >= 15 is 0 Å². The van der Waals surface area contributed by atoms with Gasteiger partial charge in [-0.3, -0.25) is 4.68 Å². The Balaban J connectivity index is 2.35. The van der Waals surface area contributed by atoms with E-state index in [1.54, 1.807) is 0 Å². The molecule has 2 heterocycles. The quantitative estimate of drug-likeness (QED) is 0.803. The van der Waals surface area contributed by atoms with Gasteiger partial charge in [-0.2, -0.15) is 5.10 Å². The molecule has 0 aliphatic heterocycles. The van der Waals surface area contributed by atoms with Crippen molar-refractivity contribution >= 4 is 16.9 Å². The molecule has 5 nitrogen and oxygen atoms in total. The fourth-order valence-corrected chi connectivity index (χ4v) is 2.82. The summed E-state index contributed by atoms with van der Waals surface area (Å²) in [5, 5.41) is 14.5. The predicted molar refractivity (Wildman–Crippen MR) is 81.5 cm³/mol. The second kappa shape index (κ2) is 4.77. The van der Waals surface area contributed by atoms with Crippen molar-refractivity contribution in [1.29, 1.82) is 0 Å². The number of hydrogen-bond acceptors (Lipinski definition) is 2. The number of carboxylic acid groups (broad SMARTS) is 1. The van der Waals surface area contributed by atoms with Gasteiger partial charge in [0.25, 0.3) is 0 Å². The molecule has 0 saturated heterocycles. The fourth-order valence-electron chi connectivity index (χ4n) is 2.82. The molecule has 0 radical (unpaired) electrons. The van der Waals surface area contributed by atoms with E-state index in [4.69, 9.17) is 0 Å². The molecule has 0 spiro atoms. The highest BCUT2D eigenvalue weighted by molar-refractivity contribution is 6.08. The third kappa shape index (κ3) is 1.93. The largest absolute Gasteiger partial charge is 0.478 e. The summed E-state index contributed by atoms with van der Waals surface area (Å²) in [7, 11) is 1.90. The van der Waals surface area contributed by atoms with Gasteiger partial charge < -0.3 is 9.67 Å². The van der Waals surface area contributed by atoms with E-state index < -0.39 is 5.97 Å². The maximum absolute atomic E-state index is 11.5. The van der Waals surface area contributed by atoms with E-state index in [2.05, 4.69) is 5.10 Å². The van der Waals surface area contributed by atoms with Crippen molar-refractivity contribution in [1.82, 2.24) is 14.3 Å². The minimum atomic E-state index is -0.889. The predicted octanol–water partition coefficient (Wildman–Crippen LogP) is 3.07. The molecule has 0 unspecified atom stereocenters. The van der Waals surface area contributed by atoms with Crippen molar-refractivity contribution in [2.45, 2.75) is 20.4 Å². The second-order valence-electron chi connectivity index (χ2n) is 5.11. The average Bonchev–Trinajstić information content (AvgIpc) is 3.03. The van der Waals surface area contributed by atoms with Crippen LogP contribution in [0.5, 0.6) is 0 Å². The highest BCUT2D eigenvalue weighted by Gasteiger charge is 2.20. The summed E-state index contributed by atoms with van der Waals surface area (Å²) < 4.78 is 3.81. The van der Waals surface area contributed by atoms with Gasteiger partial charge >= 0.3 is 5.97 Å². The van der Waals surface area contributed by atoms with Crippen LogP contribution in [-0.2, 0) is 13.6 Å². The molecule has 5 heteroatoms. The lowest BCUT2D eigenvalue weighted by molar-refractivity contribution is 0.0698. The molecule has 21 heavy (non-hydrogen) atoms. The molecule has 2 aromatic heterocycles. The van der Waals surface area contributed by atoms with Crippen LogP contribution in [0.15, 0.2) is 30.6 Å². The Morgan fingerprint density at radius 2 is 2.14 bits per heavy atom. The molecular formula is C16H17N3O2. The van der Waals surface area contributed by atoms with Crippen LogP contribution in [0, 0.1) is 6.92 Å². The molecule has 0 saturated carbocycles. The van der Waals surface area contributed by atoms with Gasteiger partial charge in [-0.05, 0) is 13.8 Å². The number of aromatic nitrogens is 3. The maximum Gasteiger partial charge on any atom is 0.338 e. The summed E-state index contributed by atoms with van der Waals surface area (Å²) in [5.41, 5.74) is 4.07. The van der Waals surface area contributed by atoms with E-state index in [0.717, 1.165) is 34.3 Å². The molecule has 108 valence electrons. The Kier molecular flexibility index (Phi) is 3.05. The summed E-state index contributed by atoms with van der Waals surface area (Å²) in [6.07, 6.45) is 3.80. The van der Waals surface area contributed by atoms with E-state index in [-0.39, 0.29) is 0 Å². The van der Waals surface area contributed by atoms with Gasteiger partial charge in [0.05, 0.1) is 17.3 Å². The lowest BCUT2D eigenvalue weighted by atomic mass is 10.0. The van der Waals surface area contributed by atoms with E-state index in [9.17, 15) is 9.90 Å². The lowest BCUT2D eigenvalue weighted by Gasteiger charge is -2.04. The monoisotopic (exact) mass is 283 g/mol. The van der Waals surface area contributed by atoms with Crippen LogP contribution in [0.25, 0.3) is 22.0 Å². The van der Waals surface area contributed by atoms with Crippen LogP contribution >= 0.6 is 0 Å². The Bertz CT molecular complexity index is 843. The van der Waals surface area contributed by atoms with E-state index in [1.165, 1.54) is 0 Å². The first-order valence-corrected chi connectivity index (χ1v) is 6.88. The third-order valence-electron chi connectivity index (χ3n) is 3.99. The van der Waals surface area contributed by atoms with Crippen molar-refractivity contribution in [3.8, 4) is 11.1 Å². The average molecular weight is 283 g/mol. The standard InChI is InChI=1S/C16H17N3O2/c1-4-19-9-11(8-17-19)12-6-5-7-13-14(16(20)21)10(2)18(3)15(12)13/h5-9H,4H2,1-3H3,(H,20,21). The lowest BCUT2D eigenvalue weighted by Crippen LogP contribution is -1.99. The van der Waals surface area contributed by atoms with Crippen molar-refractivity contribution in [3.63, 3.8) is 0 Å². The third-order valence-corrected chi connectivity index (χ3v) is 3.99. The Morgan fingerprint density at radius 3 is 2.76 bits per heavy atom. The Morgan fingerprint density at radius 1 is 1.38 bits per heavy atom. The van der Waals surface area contributed by atoms with Gasteiger partial charge in [0.2, 0.25) is 0 Å². The molecule has 0 bridgehead atoms. The van der Waals surface area contributed by atoms with Gasteiger partial charge in [0, 0.05) is 42.0 Å². The van der Waals surface area contributed by atoms with Gasteiger partial charge in [-0.1, -0.05) is 18.2 Å². The Labute approximate surface area is 122 Å². The first-order valence-electron chi connectivity index (χ1n) is 6.88. The summed E-state index contributed by atoms with van der Waals surface area (Å²) in [6, 6.07) is 5.76. The molecule has 0 amide bonds. The zero-order valence-corrected chi connectivity index (χ0v) is 12.3. The highest BCUT2D eigenvalue weighted by Crippen LogP contribution is 2.33. The number of carboxylic acids is 1. The van der Waals surface area contributed by atoms with Gasteiger partial charge in [-0.15, -0.1) is 0 Å². The highest BCUT2D eigenvalue weighted by atomic mass is 16.4. The number of para-hydroxylation sites is 1. The number of hydrogen-bond donors (Lipinski definition) is 1. The van der Waals surface area contributed by atoms with E-state index in [0.29, 0.717) is 5.56 Å². The minimum absolute atomic E-state index is 0.372. The molecule has 0 atom stereocenters. The smallest absolute Gasteiger partial charge is 0.338 e. The zero-order valence-electron chi connectivity index (χ0n) is 12.3. The zero-order chi connectivity index (χ0) is 15.1. The van der Waals surface area contributed by atoms with Crippen LogP contribution in [0.3, 0.4) is 0 Å². The second-order valence-corrected chi connectivity index (χ2v) is 5.11. The van der Waals surface area contributed by atoms with Crippen LogP contribution in [0.2, 0.25) is 0 Å². The van der Waals surface area contributed by atoms with Gasteiger partial charge in [-0.25, -0.2) is 4.79 Å². The van der Waals surface area contributed by atoms with Crippen molar-refractivity contribution in [2.75, 3.05) is 0 Å². The topological polar surface area (TPSA) is 60.1 Å². The fraction of sp³-hybridized carbons (Fsp3) is 0.250. The SMILES string of the molecule is CCn1cc(-c2cccc3c(C(=O)O)c(C)n(C)c23)cn1. The number of nitrogens with zero attached hydrogens (tertiary/aromatic N) is 3. The molecular weight excluding hydrogens is 266 g/mol. The Hall–Kier alpha value is -2.56. The summed E-state index contributed by atoms with van der Waals surface area (Å²) in [5.74, 6) is -0.889. The maximum atomic E-state index is 11.5. The number of aryl methyl sites for hydroxylation is 2. The first kappa shape index (κ1) is 13.4. The van der Waals surface area contributed by atoms with Crippen molar-refractivity contribution in [2.24, 2.45) is 7.05 Å². The summed E-state index contributed by atoms with van der Waals surface area (Å²) >= 11 is 0. The van der Waals surface area contributed by atoms with Crippen LogP contribution in [0.1, 0.15) is 23.0 Å². The van der Waals surface area contributed by atoms with Crippen LogP contribution in [0.4, 0.5) is 0 Å². The van der Waals surface area contributed by atoms with Crippen molar-refractivity contribution in [3.05, 3.63) is 41.9 Å². The molecule has 3 rings (SSSR count). The summed E-state index contributed by atoms with van der Waals surface area (Å²) in [6.45, 7) is 4.68. The number of fused-ring (bicyclic) bond motifs is 1. The molecule has 0 aliphatic carbocycles. The number of benzene rings is 1. The van der Waals surface area contributed by atoms with E-state index in [1.807, 2.05) is 60.7 Å². The van der Waals surface area contributed by atoms with Gasteiger partial charge in [0.15, 0.2) is 0 Å². The number of carbonyl (C=O) groups is 1.